The van der Waals surface area contributed by atoms with Gasteiger partial charge in [-0.1, -0.05) is 6.42 Å². The van der Waals surface area contributed by atoms with E-state index in [0.717, 1.165) is 24.2 Å². The van der Waals surface area contributed by atoms with Crippen molar-refractivity contribution in [2.24, 2.45) is 7.05 Å². The average Bonchev–Trinajstić information content (AvgIpc) is 2.56. The van der Waals surface area contributed by atoms with Crippen molar-refractivity contribution in [3.8, 4) is 0 Å². The molecule has 18 heavy (non-hydrogen) atoms. The summed E-state index contributed by atoms with van der Waals surface area (Å²) in [7, 11) is -1.32. The summed E-state index contributed by atoms with van der Waals surface area (Å²) in [5.74, 6) is 0.207. The lowest BCUT2D eigenvalue weighted by atomic mass is 10.1. The maximum Gasteiger partial charge on any atom is 0.155 e. The molecule has 5 nitrogen and oxygen atoms in total. The van der Waals surface area contributed by atoms with E-state index in [2.05, 4.69) is 5.10 Å². The Morgan fingerprint density at radius 1 is 1.56 bits per heavy atom. The van der Waals surface area contributed by atoms with E-state index in [1.54, 1.807) is 4.68 Å². The molecule has 1 aliphatic heterocycles. The van der Waals surface area contributed by atoms with Gasteiger partial charge in [-0.15, -0.1) is 0 Å². The van der Waals surface area contributed by atoms with E-state index in [1.165, 1.54) is 0 Å². The standard InChI is InChI=1S/C12H20N2O3S/c1-9-7-10(14(2)13-9)8-11(15)12-5-3-4-6-18(12,16)17/h7,11-12,15H,3-6,8H2,1-2H3. The summed E-state index contributed by atoms with van der Waals surface area (Å²) in [5, 5.41) is 13.8. The largest absolute Gasteiger partial charge is 0.391 e. The highest BCUT2D eigenvalue weighted by Gasteiger charge is 2.34. The number of hydrogen-bond acceptors (Lipinski definition) is 4. The molecule has 0 amide bonds. The Balaban J connectivity index is 2.12. The molecule has 2 unspecified atom stereocenters. The number of hydrogen-bond donors (Lipinski definition) is 1. The van der Waals surface area contributed by atoms with Crippen LogP contribution in [0.25, 0.3) is 0 Å². The number of rotatable bonds is 3. The van der Waals surface area contributed by atoms with Crippen molar-refractivity contribution >= 4 is 9.84 Å². The van der Waals surface area contributed by atoms with Crippen LogP contribution in [0.1, 0.15) is 30.7 Å². The molecule has 2 rings (SSSR count). The normalized spacial score (nSPS) is 24.9. The molecule has 1 saturated heterocycles. The predicted molar refractivity (Wildman–Crippen MR) is 69.1 cm³/mol. The van der Waals surface area contributed by atoms with Crippen LogP contribution >= 0.6 is 0 Å². The number of aliphatic hydroxyl groups is 1. The van der Waals surface area contributed by atoms with Crippen LogP contribution in [0.2, 0.25) is 0 Å². The minimum atomic E-state index is -3.13. The molecule has 102 valence electrons. The van der Waals surface area contributed by atoms with E-state index in [9.17, 15) is 13.5 Å². The van der Waals surface area contributed by atoms with Gasteiger partial charge in [0, 0.05) is 19.2 Å². The SMILES string of the molecule is Cc1cc(CC(O)C2CCCCS2(=O)=O)n(C)n1. The molecule has 0 aromatic carbocycles. The molecule has 0 aliphatic carbocycles. The van der Waals surface area contributed by atoms with Gasteiger partial charge in [0.2, 0.25) is 0 Å². The minimum absolute atomic E-state index is 0.207. The second kappa shape index (κ2) is 5.01. The van der Waals surface area contributed by atoms with Gasteiger partial charge in [-0.05, 0) is 25.8 Å². The first-order chi connectivity index (χ1) is 8.40. The van der Waals surface area contributed by atoms with E-state index in [1.807, 2.05) is 20.0 Å². The Morgan fingerprint density at radius 3 is 2.83 bits per heavy atom. The summed E-state index contributed by atoms with van der Waals surface area (Å²) in [6, 6.07) is 1.89. The van der Waals surface area contributed by atoms with Gasteiger partial charge < -0.3 is 5.11 Å². The summed E-state index contributed by atoms with van der Waals surface area (Å²) in [5.41, 5.74) is 1.76. The maximum absolute atomic E-state index is 11.9. The molecule has 0 saturated carbocycles. The van der Waals surface area contributed by atoms with Crippen LogP contribution in [0.15, 0.2) is 6.07 Å². The van der Waals surface area contributed by atoms with Crippen LogP contribution in [-0.2, 0) is 23.3 Å². The minimum Gasteiger partial charge on any atom is -0.391 e. The second-order valence-corrected chi connectivity index (χ2v) is 7.41. The molecule has 1 aromatic heterocycles. The topological polar surface area (TPSA) is 72.2 Å². The maximum atomic E-state index is 11.9. The Hall–Kier alpha value is -0.880. The number of nitrogens with zero attached hydrogens (tertiary/aromatic N) is 2. The zero-order valence-corrected chi connectivity index (χ0v) is 11.7. The van der Waals surface area contributed by atoms with Gasteiger partial charge in [-0.25, -0.2) is 8.42 Å². The Morgan fingerprint density at radius 2 is 2.28 bits per heavy atom. The molecule has 6 heteroatoms. The van der Waals surface area contributed by atoms with Gasteiger partial charge in [-0.2, -0.15) is 5.10 Å². The summed E-state index contributed by atoms with van der Waals surface area (Å²) in [4.78, 5) is 0. The van der Waals surface area contributed by atoms with E-state index >= 15 is 0 Å². The van der Waals surface area contributed by atoms with Crippen LogP contribution in [0.3, 0.4) is 0 Å². The lowest BCUT2D eigenvalue weighted by Crippen LogP contribution is -2.39. The summed E-state index contributed by atoms with van der Waals surface area (Å²) >= 11 is 0. The van der Waals surface area contributed by atoms with Gasteiger partial charge in [0.1, 0.15) is 0 Å². The number of aliphatic hydroxyl groups excluding tert-OH is 1. The van der Waals surface area contributed by atoms with E-state index < -0.39 is 21.2 Å². The second-order valence-electron chi connectivity index (χ2n) is 5.07. The third-order valence-corrected chi connectivity index (χ3v) is 5.91. The lowest BCUT2D eigenvalue weighted by Gasteiger charge is -2.26. The number of aryl methyl sites for hydroxylation is 2. The molecule has 1 N–H and O–H groups in total. The van der Waals surface area contributed by atoms with Crippen LogP contribution < -0.4 is 0 Å². The molecule has 0 spiro atoms. The predicted octanol–water partition coefficient (Wildman–Crippen LogP) is 0.599. The van der Waals surface area contributed by atoms with Crippen molar-refractivity contribution in [3.05, 3.63) is 17.5 Å². The number of aromatic nitrogens is 2. The van der Waals surface area contributed by atoms with Crippen LogP contribution in [0, 0.1) is 6.92 Å². The van der Waals surface area contributed by atoms with Gasteiger partial charge in [0.25, 0.3) is 0 Å². The van der Waals surface area contributed by atoms with E-state index in [4.69, 9.17) is 0 Å². The van der Waals surface area contributed by atoms with E-state index in [0.29, 0.717) is 12.8 Å². The fourth-order valence-corrected chi connectivity index (χ4v) is 4.62. The van der Waals surface area contributed by atoms with Gasteiger partial charge in [0.05, 0.1) is 22.8 Å². The van der Waals surface area contributed by atoms with Crippen LogP contribution in [0.4, 0.5) is 0 Å². The van der Waals surface area contributed by atoms with Crippen molar-refractivity contribution in [2.45, 2.75) is 44.0 Å². The molecule has 1 aliphatic rings. The Labute approximate surface area is 108 Å². The smallest absolute Gasteiger partial charge is 0.155 e. The van der Waals surface area contributed by atoms with Crippen molar-refractivity contribution in [1.82, 2.24) is 9.78 Å². The fourth-order valence-electron chi connectivity index (χ4n) is 2.61. The van der Waals surface area contributed by atoms with Crippen molar-refractivity contribution in [1.29, 1.82) is 0 Å². The quantitative estimate of drug-likeness (QED) is 0.874. The molecule has 0 bridgehead atoms. The molecule has 2 atom stereocenters. The van der Waals surface area contributed by atoms with Crippen LogP contribution in [-0.4, -0.2) is 40.4 Å². The fraction of sp³-hybridized carbons (Fsp3) is 0.750. The zero-order valence-electron chi connectivity index (χ0n) is 10.8. The van der Waals surface area contributed by atoms with Crippen molar-refractivity contribution < 1.29 is 13.5 Å². The summed E-state index contributed by atoms with van der Waals surface area (Å²) < 4.78 is 25.5. The third-order valence-electron chi connectivity index (χ3n) is 3.58. The molecule has 1 fully saturated rings. The van der Waals surface area contributed by atoms with Gasteiger partial charge >= 0.3 is 0 Å². The number of sulfone groups is 1. The van der Waals surface area contributed by atoms with Gasteiger partial charge in [0.15, 0.2) is 9.84 Å². The molecular weight excluding hydrogens is 252 g/mol. The van der Waals surface area contributed by atoms with Crippen molar-refractivity contribution in [2.75, 3.05) is 5.75 Å². The first kappa shape index (κ1) is 13.5. The first-order valence-corrected chi connectivity index (χ1v) is 8.01. The van der Waals surface area contributed by atoms with Crippen molar-refractivity contribution in [3.63, 3.8) is 0 Å². The molecule has 1 aromatic rings. The Bertz CT molecular complexity index is 521. The molecule has 0 radical (unpaired) electrons. The molecular formula is C12H20N2O3S. The Kier molecular flexibility index (Phi) is 3.77. The highest BCUT2D eigenvalue weighted by atomic mass is 32.2. The average molecular weight is 272 g/mol. The lowest BCUT2D eigenvalue weighted by molar-refractivity contribution is 0.159. The highest BCUT2D eigenvalue weighted by Crippen LogP contribution is 2.24. The first-order valence-electron chi connectivity index (χ1n) is 6.29. The summed E-state index contributed by atoms with van der Waals surface area (Å²) in [6.07, 6.45) is 1.69. The van der Waals surface area contributed by atoms with Gasteiger partial charge in [-0.3, -0.25) is 4.68 Å². The zero-order chi connectivity index (χ0) is 13.3. The van der Waals surface area contributed by atoms with Crippen LogP contribution in [0.5, 0.6) is 0 Å². The highest BCUT2D eigenvalue weighted by molar-refractivity contribution is 7.92. The monoisotopic (exact) mass is 272 g/mol. The summed E-state index contributed by atoms with van der Waals surface area (Å²) in [6.45, 7) is 1.88. The van der Waals surface area contributed by atoms with E-state index in [-0.39, 0.29) is 5.75 Å². The molecule has 2 heterocycles. The third kappa shape index (κ3) is 2.75.